The Balaban J connectivity index is 2.15. The molecule has 0 bridgehead atoms. The van der Waals surface area contributed by atoms with Crippen molar-refractivity contribution < 1.29 is 4.79 Å². The number of fused-ring (bicyclic) bond motifs is 1. The summed E-state index contributed by atoms with van der Waals surface area (Å²) in [4.78, 5) is 29.1. The van der Waals surface area contributed by atoms with Gasteiger partial charge < -0.3 is 5.73 Å². The number of hydrogen-bond donors (Lipinski definition) is 1. The SMILES string of the molecule is Cc1sc2nc(Cn3nccc3Cl)cc(=O)n2c1C(N)=O. The van der Waals surface area contributed by atoms with Crippen LogP contribution in [0.1, 0.15) is 21.1 Å². The van der Waals surface area contributed by atoms with E-state index < -0.39 is 5.91 Å². The molecule has 0 spiro atoms. The zero-order chi connectivity index (χ0) is 15.1. The maximum Gasteiger partial charge on any atom is 0.266 e. The molecule has 7 nitrogen and oxygen atoms in total. The van der Waals surface area contributed by atoms with Crippen molar-refractivity contribution in [3.8, 4) is 0 Å². The van der Waals surface area contributed by atoms with E-state index in [2.05, 4.69) is 10.1 Å². The van der Waals surface area contributed by atoms with E-state index in [0.717, 1.165) is 0 Å². The van der Waals surface area contributed by atoms with E-state index in [1.807, 2.05) is 0 Å². The highest BCUT2D eigenvalue weighted by Gasteiger charge is 2.17. The minimum atomic E-state index is -0.648. The molecule has 3 heterocycles. The first kappa shape index (κ1) is 13.8. The van der Waals surface area contributed by atoms with Crippen molar-refractivity contribution in [3.05, 3.63) is 50.1 Å². The minimum absolute atomic E-state index is 0.177. The van der Waals surface area contributed by atoms with E-state index in [-0.39, 0.29) is 17.8 Å². The van der Waals surface area contributed by atoms with Crippen LogP contribution in [0.3, 0.4) is 0 Å². The normalized spacial score (nSPS) is 11.1. The Morgan fingerprint density at radius 1 is 1.52 bits per heavy atom. The number of primary amides is 1. The molecule has 3 rings (SSSR count). The Labute approximate surface area is 127 Å². The van der Waals surface area contributed by atoms with Crippen molar-refractivity contribution in [1.29, 1.82) is 0 Å². The quantitative estimate of drug-likeness (QED) is 0.779. The fourth-order valence-electron chi connectivity index (χ4n) is 2.07. The van der Waals surface area contributed by atoms with Crippen LogP contribution in [-0.2, 0) is 6.54 Å². The molecule has 2 N–H and O–H groups in total. The van der Waals surface area contributed by atoms with Crippen LogP contribution in [0.2, 0.25) is 5.15 Å². The molecule has 1 amide bonds. The number of amides is 1. The predicted molar refractivity (Wildman–Crippen MR) is 78.9 cm³/mol. The predicted octanol–water partition coefficient (Wildman–Crippen LogP) is 1.06. The van der Waals surface area contributed by atoms with E-state index in [4.69, 9.17) is 17.3 Å². The average molecular weight is 324 g/mol. The van der Waals surface area contributed by atoms with E-state index in [1.54, 1.807) is 19.2 Å². The van der Waals surface area contributed by atoms with Crippen LogP contribution >= 0.6 is 22.9 Å². The Morgan fingerprint density at radius 2 is 2.29 bits per heavy atom. The Morgan fingerprint density at radius 3 is 2.90 bits per heavy atom. The average Bonchev–Trinajstić information content (AvgIpc) is 2.93. The molecule has 0 saturated heterocycles. The molecule has 0 radical (unpaired) electrons. The van der Waals surface area contributed by atoms with Crippen LogP contribution in [0.25, 0.3) is 4.96 Å². The number of halogens is 1. The highest BCUT2D eigenvalue weighted by atomic mass is 35.5. The lowest BCUT2D eigenvalue weighted by Crippen LogP contribution is -2.23. The Hall–Kier alpha value is -2.19. The van der Waals surface area contributed by atoms with Gasteiger partial charge in [-0.3, -0.25) is 9.59 Å². The minimum Gasteiger partial charge on any atom is -0.364 e. The number of carbonyl (C=O) groups is 1. The lowest BCUT2D eigenvalue weighted by molar-refractivity contribution is 0.0994. The number of nitrogens with two attached hydrogens (primary N) is 1. The van der Waals surface area contributed by atoms with Gasteiger partial charge in [0.05, 0.1) is 18.4 Å². The fraction of sp³-hybridized carbons (Fsp3) is 0.167. The topological polar surface area (TPSA) is 95.3 Å². The van der Waals surface area contributed by atoms with Gasteiger partial charge >= 0.3 is 0 Å². The molecule has 0 atom stereocenters. The van der Waals surface area contributed by atoms with Crippen molar-refractivity contribution in [1.82, 2.24) is 19.2 Å². The molecule has 0 aliphatic heterocycles. The van der Waals surface area contributed by atoms with Crippen molar-refractivity contribution in [2.75, 3.05) is 0 Å². The highest BCUT2D eigenvalue weighted by Crippen LogP contribution is 2.19. The molecule has 3 aromatic rings. The number of nitrogens with zero attached hydrogens (tertiary/aromatic N) is 4. The molecule has 0 saturated carbocycles. The summed E-state index contributed by atoms with van der Waals surface area (Å²) in [5.41, 5.74) is 5.65. The second-order valence-electron chi connectivity index (χ2n) is 4.39. The van der Waals surface area contributed by atoms with Gasteiger partial charge in [-0.05, 0) is 13.0 Å². The Kier molecular flexibility index (Phi) is 3.26. The van der Waals surface area contributed by atoms with Crippen molar-refractivity contribution >= 4 is 33.8 Å². The molecule has 0 unspecified atom stereocenters. The smallest absolute Gasteiger partial charge is 0.266 e. The van der Waals surface area contributed by atoms with Gasteiger partial charge in [-0.15, -0.1) is 11.3 Å². The fourth-order valence-corrected chi connectivity index (χ4v) is 3.23. The first-order valence-electron chi connectivity index (χ1n) is 5.96. The number of rotatable bonds is 3. The van der Waals surface area contributed by atoms with Crippen LogP contribution in [0.4, 0.5) is 0 Å². The number of thiazole rings is 1. The molecule has 9 heteroatoms. The summed E-state index contributed by atoms with van der Waals surface area (Å²) in [7, 11) is 0. The van der Waals surface area contributed by atoms with Gasteiger partial charge in [0.15, 0.2) is 4.96 Å². The van der Waals surface area contributed by atoms with E-state index in [1.165, 1.54) is 26.5 Å². The standard InChI is InChI=1S/C12H10ClN5O2S/c1-6-10(11(14)20)18-9(19)4-7(16-12(18)21-6)5-17-8(13)2-3-15-17/h2-4H,5H2,1H3,(H2,14,20). The molecular formula is C12H10ClN5O2S. The zero-order valence-electron chi connectivity index (χ0n) is 10.9. The summed E-state index contributed by atoms with van der Waals surface area (Å²) in [6.07, 6.45) is 1.56. The molecule has 21 heavy (non-hydrogen) atoms. The summed E-state index contributed by atoms with van der Waals surface area (Å²) >= 11 is 7.19. The van der Waals surface area contributed by atoms with Crippen LogP contribution < -0.4 is 11.3 Å². The molecule has 108 valence electrons. The van der Waals surface area contributed by atoms with Crippen LogP contribution in [0.5, 0.6) is 0 Å². The van der Waals surface area contributed by atoms with Gasteiger partial charge in [0, 0.05) is 10.9 Å². The summed E-state index contributed by atoms with van der Waals surface area (Å²) in [5.74, 6) is -0.648. The second-order valence-corrected chi connectivity index (χ2v) is 5.96. The number of aromatic nitrogens is 4. The third kappa shape index (κ3) is 2.32. The van der Waals surface area contributed by atoms with Crippen molar-refractivity contribution in [2.24, 2.45) is 5.73 Å². The third-order valence-electron chi connectivity index (χ3n) is 2.95. The monoisotopic (exact) mass is 323 g/mol. The van der Waals surface area contributed by atoms with E-state index in [0.29, 0.717) is 20.7 Å². The van der Waals surface area contributed by atoms with Gasteiger partial charge in [-0.2, -0.15) is 5.10 Å². The van der Waals surface area contributed by atoms with E-state index in [9.17, 15) is 9.59 Å². The van der Waals surface area contributed by atoms with Crippen molar-refractivity contribution in [3.63, 3.8) is 0 Å². The van der Waals surface area contributed by atoms with Crippen molar-refractivity contribution in [2.45, 2.75) is 13.5 Å². The number of aryl methyl sites for hydroxylation is 1. The third-order valence-corrected chi connectivity index (χ3v) is 4.23. The van der Waals surface area contributed by atoms with Gasteiger partial charge in [0.1, 0.15) is 10.8 Å². The largest absolute Gasteiger partial charge is 0.364 e. The summed E-state index contributed by atoms with van der Waals surface area (Å²) in [6.45, 7) is 2.00. The van der Waals surface area contributed by atoms with Crippen LogP contribution in [0, 0.1) is 6.92 Å². The molecule has 0 aliphatic carbocycles. The molecule has 0 aliphatic rings. The molecule has 0 aromatic carbocycles. The molecular weight excluding hydrogens is 314 g/mol. The van der Waals surface area contributed by atoms with Gasteiger partial charge in [-0.1, -0.05) is 11.6 Å². The molecule has 0 fully saturated rings. The first-order chi connectivity index (χ1) is 9.97. The van der Waals surface area contributed by atoms with E-state index >= 15 is 0 Å². The van der Waals surface area contributed by atoms with Gasteiger partial charge in [0.25, 0.3) is 11.5 Å². The van der Waals surface area contributed by atoms with Crippen LogP contribution in [0.15, 0.2) is 23.1 Å². The lowest BCUT2D eigenvalue weighted by Gasteiger charge is -2.03. The summed E-state index contributed by atoms with van der Waals surface area (Å²) < 4.78 is 2.76. The molecule has 3 aromatic heterocycles. The maximum absolute atomic E-state index is 12.2. The zero-order valence-corrected chi connectivity index (χ0v) is 12.5. The summed E-state index contributed by atoms with van der Waals surface area (Å²) in [5, 5.41) is 4.49. The van der Waals surface area contributed by atoms with Gasteiger partial charge in [0.2, 0.25) is 0 Å². The Bertz CT molecular complexity index is 910. The lowest BCUT2D eigenvalue weighted by atomic mass is 10.3. The number of hydrogen-bond acceptors (Lipinski definition) is 5. The maximum atomic E-state index is 12.2. The number of carbonyl (C=O) groups excluding carboxylic acids is 1. The first-order valence-corrected chi connectivity index (χ1v) is 7.16. The second kappa shape index (κ2) is 4.97. The van der Waals surface area contributed by atoms with Crippen LogP contribution in [-0.4, -0.2) is 25.1 Å². The summed E-state index contributed by atoms with van der Waals surface area (Å²) in [6, 6.07) is 3.00. The van der Waals surface area contributed by atoms with Gasteiger partial charge in [-0.25, -0.2) is 14.1 Å². The highest BCUT2D eigenvalue weighted by molar-refractivity contribution is 7.17.